The second-order valence-electron chi connectivity index (χ2n) is 8.32. The van der Waals surface area contributed by atoms with E-state index in [0.717, 1.165) is 43.7 Å². The number of methoxy groups -OCH3 is 1. The molecule has 2 aromatic rings. The van der Waals surface area contributed by atoms with Gasteiger partial charge in [-0.05, 0) is 49.5 Å². The third-order valence-corrected chi connectivity index (χ3v) is 6.24. The molecule has 0 radical (unpaired) electrons. The quantitative estimate of drug-likeness (QED) is 0.599. The maximum Gasteiger partial charge on any atom is 0.414 e. The van der Waals surface area contributed by atoms with Gasteiger partial charge in [0, 0.05) is 31.3 Å². The molecule has 6 heteroatoms. The summed E-state index contributed by atoms with van der Waals surface area (Å²) in [5.74, 6) is 0.730. The number of likely N-dealkylation sites (tertiary alicyclic amines) is 1. The van der Waals surface area contributed by atoms with E-state index in [2.05, 4.69) is 17.0 Å². The highest BCUT2D eigenvalue weighted by atomic mass is 16.6. The van der Waals surface area contributed by atoms with Crippen LogP contribution in [-0.2, 0) is 9.47 Å². The van der Waals surface area contributed by atoms with E-state index in [9.17, 15) is 9.59 Å². The number of hydrogen-bond acceptors (Lipinski definition) is 5. The molecule has 2 heterocycles. The molecule has 1 amide bonds. The molecule has 2 fully saturated rings. The zero-order valence-corrected chi connectivity index (χ0v) is 18.0. The Hall–Kier alpha value is -2.70. The van der Waals surface area contributed by atoms with Gasteiger partial charge < -0.3 is 14.4 Å². The Labute approximate surface area is 183 Å². The number of ether oxygens (including phenoxy) is 2. The third kappa shape index (κ3) is 5.32. The van der Waals surface area contributed by atoms with E-state index in [4.69, 9.17) is 9.47 Å². The highest BCUT2D eigenvalue weighted by Gasteiger charge is 2.32. The van der Waals surface area contributed by atoms with Crippen LogP contribution < -0.4 is 4.90 Å². The molecule has 31 heavy (non-hydrogen) atoms. The van der Waals surface area contributed by atoms with Crippen LogP contribution in [0.15, 0.2) is 54.6 Å². The lowest BCUT2D eigenvalue weighted by Crippen LogP contribution is -2.34. The minimum atomic E-state index is -0.312. The van der Waals surface area contributed by atoms with Crippen LogP contribution in [0, 0.1) is 0 Å². The summed E-state index contributed by atoms with van der Waals surface area (Å²) in [6.07, 6.45) is 2.21. The van der Waals surface area contributed by atoms with Crippen molar-refractivity contribution in [1.82, 2.24) is 4.90 Å². The molecule has 1 unspecified atom stereocenters. The van der Waals surface area contributed by atoms with Gasteiger partial charge in [0.05, 0.1) is 13.2 Å². The van der Waals surface area contributed by atoms with Crippen LogP contribution in [0.2, 0.25) is 0 Å². The van der Waals surface area contributed by atoms with Crippen molar-refractivity contribution in [3.63, 3.8) is 0 Å². The number of carbonyl (C=O) groups excluding carboxylic acids is 2. The predicted molar refractivity (Wildman–Crippen MR) is 120 cm³/mol. The molecule has 164 valence electrons. The van der Waals surface area contributed by atoms with Crippen molar-refractivity contribution in [2.75, 3.05) is 44.8 Å². The van der Waals surface area contributed by atoms with E-state index in [-0.39, 0.29) is 18.0 Å². The smallest absolute Gasteiger partial charge is 0.414 e. The van der Waals surface area contributed by atoms with Gasteiger partial charge in [-0.2, -0.15) is 0 Å². The molecule has 6 nitrogen and oxygen atoms in total. The molecule has 0 N–H and O–H groups in total. The van der Waals surface area contributed by atoms with E-state index in [1.165, 1.54) is 5.56 Å². The van der Waals surface area contributed by atoms with Crippen molar-refractivity contribution in [1.29, 1.82) is 0 Å². The van der Waals surface area contributed by atoms with Gasteiger partial charge in [-0.1, -0.05) is 42.5 Å². The van der Waals surface area contributed by atoms with Crippen LogP contribution in [0.3, 0.4) is 0 Å². The molecule has 2 aromatic carbocycles. The van der Waals surface area contributed by atoms with Crippen molar-refractivity contribution in [3.8, 4) is 0 Å². The molecular weight excluding hydrogens is 392 g/mol. The summed E-state index contributed by atoms with van der Waals surface area (Å²) in [6.45, 7) is 3.76. The van der Waals surface area contributed by atoms with Gasteiger partial charge in [0.1, 0.15) is 6.10 Å². The van der Waals surface area contributed by atoms with Crippen LogP contribution in [0.5, 0.6) is 0 Å². The summed E-state index contributed by atoms with van der Waals surface area (Å²) in [6, 6.07) is 17.8. The fourth-order valence-corrected chi connectivity index (χ4v) is 4.45. The van der Waals surface area contributed by atoms with Crippen molar-refractivity contribution in [3.05, 3.63) is 65.7 Å². The number of nitrogens with zero attached hydrogens (tertiary/aromatic N) is 2. The summed E-state index contributed by atoms with van der Waals surface area (Å²) in [5, 5.41) is 0. The summed E-state index contributed by atoms with van der Waals surface area (Å²) >= 11 is 0. The van der Waals surface area contributed by atoms with Gasteiger partial charge in [0.25, 0.3) is 0 Å². The molecule has 2 aliphatic heterocycles. The van der Waals surface area contributed by atoms with Gasteiger partial charge in [0.2, 0.25) is 0 Å². The Morgan fingerprint density at radius 1 is 1.06 bits per heavy atom. The maximum atomic E-state index is 12.3. The first-order valence-electron chi connectivity index (χ1n) is 11.0. The summed E-state index contributed by atoms with van der Waals surface area (Å²) in [7, 11) is 1.61. The first-order valence-corrected chi connectivity index (χ1v) is 11.0. The van der Waals surface area contributed by atoms with E-state index in [1.54, 1.807) is 12.0 Å². The molecule has 1 atom stereocenters. The molecule has 4 rings (SSSR count). The topological polar surface area (TPSA) is 59.1 Å². The van der Waals surface area contributed by atoms with E-state index in [1.807, 2.05) is 42.5 Å². The monoisotopic (exact) mass is 422 g/mol. The second kappa shape index (κ2) is 10.1. The zero-order valence-electron chi connectivity index (χ0n) is 18.0. The fraction of sp³-hybridized carbons (Fsp3) is 0.440. The Morgan fingerprint density at radius 3 is 2.45 bits per heavy atom. The van der Waals surface area contributed by atoms with Crippen molar-refractivity contribution in [2.45, 2.75) is 31.3 Å². The van der Waals surface area contributed by atoms with Crippen LogP contribution in [0.4, 0.5) is 10.5 Å². The molecule has 2 aliphatic rings. The Morgan fingerprint density at radius 2 is 1.77 bits per heavy atom. The number of carbonyl (C=O) groups is 2. The highest BCUT2D eigenvalue weighted by Crippen LogP contribution is 2.30. The Kier molecular flexibility index (Phi) is 6.99. The molecule has 0 bridgehead atoms. The van der Waals surface area contributed by atoms with Gasteiger partial charge in [-0.25, -0.2) is 4.79 Å². The van der Waals surface area contributed by atoms with Crippen LogP contribution >= 0.6 is 0 Å². The normalized spacial score (nSPS) is 20.1. The van der Waals surface area contributed by atoms with E-state index >= 15 is 0 Å². The zero-order chi connectivity index (χ0) is 21.6. The standard InChI is InChI=1S/C25H30N2O4/c1-30-18-23-17-27(25(29)31-23)22-9-7-19(8-10-22)20-11-14-26(15-12-20)16-13-24(28)21-5-3-2-4-6-21/h2-10,20,23H,11-18H2,1H3. The first-order chi connectivity index (χ1) is 15.1. The third-order valence-electron chi connectivity index (χ3n) is 6.24. The lowest BCUT2D eigenvalue weighted by Gasteiger charge is -2.32. The van der Waals surface area contributed by atoms with E-state index < -0.39 is 0 Å². The highest BCUT2D eigenvalue weighted by molar-refractivity contribution is 5.96. The summed E-state index contributed by atoms with van der Waals surface area (Å²) < 4.78 is 10.4. The second-order valence-corrected chi connectivity index (χ2v) is 8.32. The number of ketones is 1. The number of amides is 1. The molecular formula is C25H30N2O4. The fourth-order valence-electron chi connectivity index (χ4n) is 4.45. The average Bonchev–Trinajstić information content (AvgIpc) is 3.19. The SMILES string of the molecule is COCC1CN(c2ccc(C3CCN(CCC(=O)c4ccccc4)CC3)cc2)C(=O)O1. The Balaban J connectivity index is 1.25. The minimum Gasteiger partial charge on any atom is -0.441 e. The maximum absolute atomic E-state index is 12.3. The van der Waals surface area contributed by atoms with Crippen LogP contribution in [0.1, 0.15) is 41.1 Å². The lowest BCUT2D eigenvalue weighted by atomic mass is 9.89. The number of hydrogen-bond donors (Lipinski definition) is 0. The van der Waals surface area contributed by atoms with Gasteiger partial charge in [-0.15, -0.1) is 0 Å². The van der Waals surface area contributed by atoms with Crippen molar-refractivity contribution < 1.29 is 19.1 Å². The first kappa shape index (κ1) is 21.5. The number of rotatable bonds is 8. The average molecular weight is 423 g/mol. The molecule has 0 aliphatic carbocycles. The van der Waals surface area contributed by atoms with Crippen molar-refractivity contribution >= 4 is 17.6 Å². The molecule has 0 saturated carbocycles. The van der Waals surface area contributed by atoms with Gasteiger partial charge >= 0.3 is 6.09 Å². The summed E-state index contributed by atoms with van der Waals surface area (Å²) in [4.78, 5) is 28.5. The Bertz CT molecular complexity index is 876. The number of piperidine rings is 1. The predicted octanol–water partition coefficient (Wildman–Crippen LogP) is 4.11. The minimum absolute atomic E-state index is 0.213. The number of anilines is 1. The molecule has 0 spiro atoms. The van der Waals surface area contributed by atoms with E-state index in [0.29, 0.717) is 25.5 Å². The van der Waals surface area contributed by atoms with Gasteiger partial charge in [-0.3, -0.25) is 9.69 Å². The number of benzene rings is 2. The number of Topliss-reactive ketones (excluding diaryl/α,β-unsaturated/α-hetero) is 1. The summed E-state index contributed by atoms with van der Waals surface area (Å²) in [5.41, 5.74) is 2.97. The largest absolute Gasteiger partial charge is 0.441 e. The molecule has 0 aromatic heterocycles. The van der Waals surface area contributed by atoms with Crippen LogP contribution in [-0.4, -0.2) is 62.8 Å². The lowest BCUT2D eigenvalue weighted by molar-refractivity contribution is 0.0718. The van der Waals surface area contributed by atoms with Gasteiger partial charge in [0.15, 0.2) is 5.78 Å². The molecule has 2 saturated heterocycles. The van der Waals surface area contributed by atoms with Crippen molar-refractivity contribution in [2.24, 2.45) is 0 Å². The number of cyclic esters (lactones) is 1. The van der Waals surface area contributed by atoms with Crippen LogP contribution in [0.25, 0.3) is 0 Å².